The van der Waals surface area contributed by atoms with Gasteiger partial charge in [0.2, 0.25) is 0 Å². The molecular formula is C10H10ClFN2O4. The van der Waals surface area contributed by atoms with Crippen LogP contribution in [0.15, 0.2) is 18.2 Å². The van der Waals surface area contributed by atoms with Gasteiger partial charge in [0, 0.05) is 12.5 Å². The van der Waals surface area contributed by atoms with Crippen LogP contribution in [0.2, 0.25) is 0 Å². The Kier molecular flexibility index (Phi) is 4.43. The van der Waals surface area contributed by atoms with Gasteiger partial charge in [-0.3, -0.25) is 10.1 Å². The fourth-order valence-electron chi connectivity index (χ4n) is 1.73. The number of nitro benzene ring substituents is 1. The highest BCUT2D eigenvalue weighted by molar-refractivity contribution is 5.85. The summed E-state index contributed by atoms with van der Waals surface area (Å²) in [6.07, 6.45) is -0.282. The van der Waals surface area contributed by atoms with Crippen molar-refractivity contribution >= 4 is 24.2 Å². The van der Waals surface area contributed by atoms with Crippen LogP contribution in [-0.4, -0.2) is 17.6 Å². The molecule has 1 amide bonds. The highest BCUT2D eigenvalue weighted by Gasteiger charge is 2.27. The van der Waals surface area contributed by atoms with Crippen molar-refractivity contribution in [3.8, 4) is 0 Å². The number of halogens is 2. The number of hydrogen-bond acceptors (Lipinski definition) is 4. The largest absolute Gasteiger partial charge is 0.449 e. The molecule has 98 valence electrons. The predicted octanol–water partition coefficient (Wildman–Crippen LogP) is 2.33. The van der Waals surface area contributed by atoms with Crippen molar-refractivity contribution in [2.75, 3.05) is 6.61 Å². The Hall–Kier alpha value is -1.89. The lowest BCUT2D eigenvalue weighted by Gasteiger charge is -2.23. The Bertz CT molecular complexity index is 483. The molecule has 18 heavy (non-hydrogen) atoms. The lowest BCUT2D eigenvalue weighted by molar-refractivity contribution is -0.385. The highest BCUT2D eigenvalue weighted by atomic mass is 35.5. The van der Waals surface area contributed by atoms with Crippen LogP contribution in [0.5, 0.6) is 0 Å². The molecular weight excluding hydrogens is 267 g/mol. The van der Waals surface area contributed by atoms with E-state index in [9.17, 15) is 19.3 Å². The molecule has 8 heteroatoms. The number of cyclic esters (lactones) is 1. The van der Waals surface area contributed by atoms with Crippen molar-refractivity contribution in [1.29, 1.82) is 0 Å². The lowest BCUT2D eigenvalue weighted by atomic mass is 10.0. The molecule has 1 N–H and O–H groups in total. The molecule has 1 saturated heterocycles. The maximum absolute atomic E-state index is 13.1. The molecule has 0 unspecified atom stereocenters. The third-order valence-corrected chi connectivity index (χ3v) is 2.49. The summed E-state index contributed by atoms with van der Waals surface area (Å²) in [5, 5.41) is 13.2. The van der Waals surface area contributed by atoms with Gasteiger partial charge in [-0.2, -0.15) is 0 Å². The number of carbonyl (C=O) groups excluding carboxylic acids is 1. The average Bonchev–Trinajstić information content (AvgIpc) is 2.28. The maximum atomic E-state index is 13.1. The van der Waals surface area contributed by atoms with Gasteiger partial charge in [-0.05, 0) is 12.1 Å². The van der Waals surface area contributed by atoms with Gasteiger partial charge < -0.3 is 10.1 Å². The third-order valence-electron chi connectivity index (χ3n) is 2.49. The van der Waals surface area contributed by atoms with Crippen LogP contribution in [-0.2, 0) is 4.74 Å². The molecule has 0 aromatic heterocycles. The van der Waals surface area contributed by atoms with Gasteiger partial charge in [0.1, 0.15) is 5.82 Å². The van der Waals surface area contributed by atoms with E-state index in [1.54, 1.807) is 0 Å². The molecule has 0 radical (unpaired) electrons. The van der Waals surface area contributed by atoms with Crippen LogP contribution in [0.4, 0.5) is 14.9 Å². The number of nitrogens with one attached hydrogen (secondary N) is 1. The van der Waals surface area contributed by atoms with E-state index in [1.807, 2.05) is 0 Å². The first-order valence-electron chi connectivity index (χ1n) is 4.95. The number of nitro groups is 1. The number of rotatable bonds is 2. The van der Waals surface area contributed by atoms with Crippen molar-refractivity contribution in [3.63, 3.8) is 0 Å². The minimum atomic E-state index is -0.653. The number of carbonyl (C=O) groups is 1. The summed E-state index contributed by atoms with van der Waals surface area (Å²) in [7, 11) is 0. The molecule has 1 heterocycles. The van der Waals surface area contributed by atoms with Crippen LogP contribution >= 0.6 is 12.4 Å². The molecule has 1 aliphatic rings. The van der Waals surface area contributed by atoms with E-state index in [0.717, 1.165) is 18.2 Å². The third kappa shape index (κ3) is 2.86. The molecule has 1 atom stereocenters. The average molecular weight is 277 g/mol. The van der Waals surface area contributed by atoms with E-state index in [4.69, 9.17) is 0 Å². The van der Waals surface area contributed by atoms with Gasteiger partial charge in [-0.15, -0.1) is 12.4 Å². The fraction of sp³-hybridized carbons (Fsp3) is 0.300. The van der Waals surface area contributed by atoms with Crippen LogP contribution in [0.3, 0.4) is 0 Å². The summed E-state index contributed by atoms with van der Waals surface area (Å²) < 4.78 is 17.7. The Balaban J connectivity index is 0.00000162. The van der Waals surface area contributed by atoms with Gasteiger partial charge in [0.25, 0.3) is 5.69 Å². The van der Waals surface area contributed by atoms with E-state index in [0.29, 0.717) is 6.42 Å². The zero-order chi connectivity index (χ0) is 12.4. The van der Waals surface area contributed by atoms with Crippen molar-refractivity contribution in [1.82, 2.24) is 5.32 Å². The molecule has 6 nitrogen and oxygen atoms in total. The zero-order valence-corrected chi connectivity index (χ0v) is 9.91. The molecule has 1 aromatic rings. The summed E-state index contributed by atoms with van der Waals surface area (Å²) in [5.74, 6) is -0.577. The monoisotopic (exact) mass is 276 g/mol. The van der Waals surface area contributed by atoms with Gasteiger partial charge in [-0.1, -0.05) is 0 Å². The standard InChI is InChI=1S/C10H9FN2O4.ClH/c11-6-1-2-9(13(15)16)7(5-6)8-3-4-17-10(14)12-8;/h1-2,5,8H,3-4H2,(H,12,14);1H/t8-;/m0./s1. The molecule has 1 fully saturated rings. The Morgan fingerprint density at radius 2 is 2.22 bits per heavy atom. The number of benzene rings is 1. The van der Waals surface area contributed by atoms with Gasteiger partial charge in [0.15, 0.2) is 0 Å². The number of alkyl carbamates (subject to hydrolysis) is 1. The van der Waals surface area contributed by atoms with Crippen LogP contribution in [0, 0.1) is 15.9 Å². The number of hydrogen-bond donors (Lipinski definition) is 1. The molecule has 1 aliphatic heterocycles. The van der Waals surface area contributed by atoms with Crippen LogP contribution in [0.25, 0.3) is 0 Å². The quantitative estimate of drug-likeness (QED) is 0.664. The fourth-order valence-corrected chi connectivity index (χ4v) is 1.73. The summed E-state index contributed by atoms with van der Waals surface area (Å²) in [4.78, 5) is 21.2. The van der Waals surface area contributed by atoms with E-state index >= 15 is 0 Å². The zero-order valence-electron chi connectivity index (χ0n) is 9.09. The molecule has 0 spiro atoms. The molecule has 0 aliphatic carbocycles. The summed E-state index contributed by atoms with van der Waals surface area (Å²) in [6.45, 7) is 0.157. The van der Waals surface area contributed by atoms with E-state index in [-0.39, 0.29) is 30.3 Å². The minimum absolute atomic E-state index is 0. The van der Waals surface area contributed by atoms with Crippen molar-refractivity contribution < 1.29 is 18.8 Å². The first-order valence-corrected chi connectivity index (χ1v) is 4.95. The van der Waals surface area contributed by atoms with Gasteiger partial charge in [0.05, 0.1) is 23.1 Å². The normalized spacial score (nSPS) is 18.3. The number of ether oxygens (including phenoxy) is 1. The Morgan fingerprint density at radius 3 is 2.83 bits per heavy atom. The van der Waals surface area contributed by atoms with Crippen molar-refractivity contribution in [3.05, 3.63) is 39.7 Å². The smallest absolute Gasteiger partial charge is 0.407 e. The van der Waals surface area contributed by atoms with E-state index in [1.165, 1.54) is 0 Å². The number of nitrogens with zero attached hydrogens (tertiary/aromatic N) is 1. The first kappa shape index (κ1) is 14.2. The molecule has 0 saturated carbocycles. The maximum Gasteiger partial charge on any atom is 0.407 e. The predicted molar refractivity (Wildman–Crippen MR) is 62.1 cm³/mol. The second-order valence-corrected chi connectivity index (χ2v) is 3.58. The number of amides is 1. The second-order valence-electron chi connectivity index (χ2n) is 3.58. The van der Waals surface area contributed by atoms with Gasteiger partial charge >= 0.3 is 6.09 Å². The van der Waals surface area contributed by atoms with E-state index < -0.39 is 22.9 Å². The SMILES string of the molecule is Cl.O=C1N[C@H](c2cc(F)ccc2[N+](=O)[O-])CCO1. The Labute approximate surface area is 108 Å². The topological polar surface area (TPSA) is 81.5 Å². The minimum Gasteiger partial charge on any atom is -0.449 e. The summed E-state index contributed by atoms with van der Waals surface area (Å²) in [6, 6.07) is 2.58. The first-order chi connectivity index (χ1) is 8.08. The Morgan fingerprint density at radius 1 is 1.50 bits per heavy atom. The highest BCUT2D eigenvalue weighted by Crippen LogP contribution is 2.29. The molecule has 0 bridgehead atoms. The lowest BCUT2D eigenvalue weighted by Crippen LogP contribution is -2.35. The molecule has 1 aromatic carbocycles. The van der Waals surface area contributed by atoms with E-state index in [2.05, 4.69) is 10.1 Å². The van der Waals surface area contributed by atoms with Crippen LogP contribution < -0.4 is 5.32 Å². The summed E-state index contributed by atoms with van der Waals surface area (Å²) >= 11 is 0. The molecule has 2 rings (SSSR count). The second kappa shape index (κ2) is 5.63. The summed E-state index contributed by atoms with van der Waals surface area (Å²) in [5.41, 5.74) is -0.0507. The van der Waals surface area contributed by atoms with Crippen LogP contribution in [0.1, 0.15) is 18.0 Å². The van der Waals surface area contributed by atoms with Crippen molar-refractivity contribution in [2.24, 2.45) is 0 Å². The van der Waals surface area contributed by atoms with Crippen molar-refractivity contribution in [2.45, 2.75) is 12.5 Å². The van der Waals surface area contributed by atoms with Gasteiger partial charge in [-0.25, -0.2) is 9.18 Å².